The number of para-hydroxylation sites is 1. The van der Waals surface area contributed by atoms with Crippen molar-refractivity contribution in [2.75, 3.05) is 19.7 Å². The lowest BCUT2D eigenvalue weighted by molar-refractivity contribution is -0.134. The summed E-state index contributed by atoms with van der Waals surface area (Å²) in [5, 5.41) is 0. The van der Waals surface area contributed by atoms with Crippen molar-refractivity contribution < 1.29 is 9.53 Å². The van der Waals surface area contributed by atoms with E-state index in [-0.39, 0.29) is 12.5 Å². The normalized spacial score (nSPS) is 16.3. The Labute approximate surface area is 162 Å². The molecule has 0 N–H and O–H groups in total. The van der Waals surface area contributed by atoms with Crippen LogP contribution < -0.4 is 4.74 Å². The van der Waals surface area contributed by atoms with Gasteiger partial charge in [0.15, 0.2) is 6.61 Å². The fourth-order valence-electron chi connectivity index (χ4n) is 3.80. The molecule has 146 valence electrons. The Kier molecular flexibility index (Phi) is 6.54. The largest absolute Gasteiger partial charge is 0.483 e. The van der Waals surface area contributed by atoms with Gasteiger partial charge in [0, 0.05) is 37.9 Å². The molecule has 0 aliphatic carbocycles. The minimum atomic E-state index is 0.0752. The number of carbonyl (C=O) groups is 1. The number of likely N-dealkylation sites (tertiary alicyclic amines) is 1. The quantitative estimate of drug-likeness (QED) is 0.735. The van der Waals surface area contributed by atoms with E-state index in [1.165, 1.54) is 5.56 Å². The van der Waals surface area contributed by atoms with Crippen molar-refractivity contribution in [3.05, 3.63) is 48.0 Å². The van der Waals surface area contributed by atoms with E-state index in [0.29, 0.717) is 11.8 Å². The van der Waals surface area contributed by atoms with Gasteiger partial charge >= 0.3 is 0 Å². The number of carbonyl (C=O) groups excluding carboxylic acids is 1. The highest BCUT2D eigenvalue weighted by atomic mass is 16.5. The van der Waals surface area contributed by atoms with Crippen LogP contribution in [-0.4, -0.2) is 40.1 Å². The van der Waals surface area contributed by atoms with Crippen LogP contribution in [0, 0.1) is 0 Å². The Bertz CT molecular complexity index is 748. The van der Waals surface area contributed by atoms with Crippen LogP contribution in [0.2, 0.25) is 0 Å². The molecule has 1 atom stereocenters. The van der Waals surface area contributed by atoms with E-state index >= 15 is 0 Å². The van der Waals surface area contributed by atoms with Gasteiger partial charge in [-0.3, -0.25) is 4.79 Å². The highest BCUT2D eigenvalue weighted by molar-refractivity contribution is 5.78. The summed E-state index contributed by atoms with van der Waals surface area (Å²) in [6.07, 6.45) is 6.89. The minimum Gasteiger partial charge on any atom is -0.483 e. The topological polar surface area (TPSA) is 47.4 Å². The summed E-state index contributed by atoms with van der Waals surface area (Å²) in [7, 11) is 0. The molecule has 2 heterocycles. The molecule has 1 aromatic carbocycles. The van der Waals surface area contributed by atoms with Crippen LogP contribution >= 0.6 is 0 Å². The van der Waals surface area contributed by atoms with E-state index in [0.717, 1.165) is 50.5 Å². The Morgan fingerprint density at radius 1 is 1.26 bits per heavy atom. The number of hydrogen-bond acceptors (Lipinski definition) is 3. The average molecular weight is 370 g/mol. The predicted molar refractivity (Wildman–Crippen MR) is 107 cm³/mol. The molecule has 1 aliphatic heterocycles. The molecule has 5 nitrogen and oxygen atoms in total. The smallest absolute Gasteiger partial charge is 0.260 e. The van der Waals surface area contributed by atoms with E-state index in [4.69, 9.17) is 4.74 Å². The number of aryl methyl sites for hydroxylation is 1. The van der Waals surface area contributed by atoms with Gasteiger partial charge < -0.3 is 14.2 Å². The zero-order valence-electron chi connectivity index (χ0n) is 16.7. The van der Waals surface area contributed by atoms with Crippen LogP contribution in [0.15, 0.2) is 36.7 Å². The molecule has 0 saturated carbocycles. The van der Waals surface area contributed by atoms with E-state index in [1.807, 2.05) is 35.5 Å². The molecule has 1 saturated heterocycles. The maximum atomic E-state index is 12.6. The lowest BCUT2D eigenvalue weighted by atomic mass is 9.96. The third kappa shape index (κ3) is 4.52. The van der Waals surface area contributed by atoms with Crippen LogP contribution in [0.3, 0.4) is 0 Å². The highest BCUT2D eigenvalue weighted by Gasteiger charge is 2.26. The van der Waals surface area contributed by atoms with Gasteiger partial charge in [0.2, 0.25) is 0 Å². The van der Waals surface area contributed by atoms with Gasteiger partial charge in [0.05, 0.1) is 0 Å². The molecule has 1 fully saturated rings. The number of benzene rings is 1. The molecule has 1 aliphatic rings. The molecule has 0 spiro atoms. The summed E-state index contributed by atoms with van der Waals surface area (Å²) in [6, 6.07) is 8.05. The van der Waals surface area contributed by atoms with Crippen LogP contribution in [0.1, 0.15) is 63.3 Å². The minimum absolute atomic E-state index is 0.0752. The van der Waals surface area contributed by atoms with Crippen LogP contribution in [-0.2, 0) is 11.3 Å². The Hall–Kier alpha value is -2.30. The molecule has 3 rings (SSSR count). The standard InChI is InChI=1S/C22H31N3O2/c1-4-17(3)19-8-6-7-9-20(19)27-16-21(26)25-13-10-18(11-14-25)22-23-12-15-24(22)5-2/h6-9,12,15,17-18H,4-5,10-11,13-14,16H2,1-3H3. The van der Waals surface area contributed by atoms with Crippen LogP contribution in [0.4, 0.5) is 0 Å². The number of hydrogen-bond donors (Lipinski definition) is 0. The molecule has 1 amide bonds. The van der Waals surface area contributed by atoms with Gasteiger partial charge in [-0.2, -0.15) is 0 Å². The first-order valence-corrected chi connectivity index (χ1v) is 10.1. The van der Waals surface area contributed by atoms with Crippen molar-refractivity contribution in [1.29, 1.82) is 0 Å². The number of rotatable bonds is 7. The van der Waals surface area contributed by atoms with Crippen molar-refractivity contribution in [2.45, 2.75) is 58.4 Å². The number of amides is 1. The number of aromatic nitrogens is 2. The summed E-state index contributed by atoms with van der Waals surface area (Å²) in [5.74, 6) is 2.93. The molecule has 1 unspecified atom stereocenters. The number of nitrogens with zero attached hydrogens (tertiary/aromatic N) is 3. The zero-order chi connectivity index (χ0) is 19.2. The first kappa shape index (κ1) is 19.5. The van der Waals surface area contributed by atoms with Crippen LogP contribution in [0.5, 0.6) is 5.75 Å². The lowest BCUT2D eigenvalue weighted by Crippen LogP contribution is -2.40. The van der Waals surface area contributed by atoms with E-state index in [1.54, 1.807) is 0 Å². The van der Waals surface area contributed by atoms with Crippen molar-refractivity contribution in [2.24, 2.45) is 0 Å². The number of ether oxygens (including phenoxy) is 1. The third-order valence-electron chi connectivity index (χ3n) is 5.71. The fourth-order valence-corrected chi connectivity index (χ4v) is 3.80. The lowest BCUT2D eigenvalue weighted by Gasteiger charge is -2.32. The fraction of sp³-hybridized carbons (Fsp3) is 0.545. The molecule has 0 bridgehead atoms. The van der Waals surface area contributed by atoms with Crippen molar-refractivity contribution in [3.63, 3.8) is 0 Å². The van der Waals surface area contributed by atoms with Gasteiger partial charge in [-0.25, -0.2) is 4.98 Å². The van der Waals surface area contributed by atoms with Crippen LogP contribution in [0.25, 0.3) is 0 Å². The molecule has 2 aromatic rings. The van der Waals surface area contributed by atoms with Gasteiger partial charge in [0.1, 0.15) is 11.6 Å². The van der Waals surface area contributed by atoms with Crippen molar-refractivity contribution >= 4 is 5.91 Å². The second-order valence-corrected chi connectivity index (χ2v) is 7.36. The molecule has 5 heteroatoms. The molecule has 27 heavy (non-hydrogen) atoms. The van der Waals surface area contributed by atoms with Crippen molar-refractivity contribution in [3.8, 4) is 5.75 Å². The van der Waals surface area contributed by atoms with Gasteiger partial charge in [0.25, 0.3) is 5.91 Å². The summed E-state index contributed by atoms with van der Waals surface area (Å²) in [6.45, 7) is 9.10. The summed E-state index contributed by atoms with van der Waals surface area (Å²) in [4.78, 5) is 19.1. The maximum Gasteiger partial charge on any atom is 0.260 e. The van der Waals surface area contributed by atoms with Crippen molar-refractivity contribution in [1.82, 2.24) is 14.5 Å². The Morgan fingerprint density at radius 2 is 2.00 bits per heavy atom. The van der Waals surface area contributed by atoms with E-state index in [2.05, 4.69) is 36.4 Å². The summed E-state index contributed by atoms with van der Waals surface area (Å²) >= 11 is 0. The highest BCUT2D eigenvalue weighted by Crippen LogP contribution is 2.29. The number of piperidine rings is 1. The van der Waals surface area contributed by atoms with Gasteiger partial charge in [-0.05, 0) is 43.7 Å². The third-order valence-corrected chi connectivity index (χ3v) is 5.71. The summed E-state index contributed by atoms with van der Waals surface area (Å²) in [5.41, 5.74) is 1.18. The van der Waals surface area contributed by atoms with Gasteiger partial charge in [-0.15, -0.1) is 0 Å². The van der Waals surface area contributed by atoms with E-state index in [9.17, 15) is 4.79 Å². The number of imidazole rings is 1. The molecule has 0 radical (unpaired) electrons. The first-order chi connectivity index (χ1) is 13.1. The van der Waals surface area contributed by atoms with E-state index < -0.39 is 0 Å². The SMILES string of the molecule is CCC(C)c1ccccc1OCC(=O)N1CCC(c2nccn2CC)CC1. The Balaban J connectivity index is 1.53. The monoisotopic (exact) mass is 369 g/mol. The second kappa shape index (κ2) is 9.07. The second-order valence-electron chi connectivity index (χ2n) is 7.36. The Morgan fingerprint density at radius 3 is 2.70 bits per heavy atom. The molecular formula is C22H31N3O2. The predicted octanol–water partition coefficient (Wildman–Crippen LogP) is 4.20. The average Bonchev–Trinajstić information content (AvgIpc) is 3.20. The molecular weight excluding hydrogens is 338 g/mol. The molecule has 1 aromatic heterocycles. The zero-order valence-corrected chi connectivity index (χ0v) is 16.7. The first-order valence-electron chi connectivity index (χ1n) is 10.1. The van der Waals surface area contributed by atoms with Gasteiger partial charge in [-0.1, -0.05) is 32.0 Å². The maximum absolute atomic E-state index is 12.6. The summed E-state index contributed by atoms with van der Waals surface area (Å²) < 4.78 is 8.11.